The smallest absolute Gasteiger partial charge is 0.0462 e. The van der Waals surface area contributed by atoms with Gasteiger partial charge in [0, 0.05) is 19.8 Å². The summed E-state index contributed by atoms with van der Waals surface area (Å²) in [5.74, 6) is 0. The van der Waals surface area contributed by atoms with Crippen LogP contribution in [0.2, 0.25) is 0 Å². The van der Waals surface area contributed by atoms with E-state index in [-0.39, 0.29) is 0 Å². The molecule has 1 aliphatic rings. The Bertz CT molecular complexity index is 147. The predicted molar refractivity (Wildman–Crippen MR) is 64.2 cm³/mol. The van der Waals surface area contributed by atoms with Crippen LogP contribution in [-0.2, 0) is 4.74 Å². The minimum atomic E-state index is 0.818. The van der Waals surface area contributed by atoms with E-state index in [4.69, 9.17) is 4.74 Å². The molecule has 1 saturated heterocycles. The summed E-state index contributed by atoms with van der Waals surface area (Å²) in [6, 6.07) is 0.818. The molecule has 0 spiro atoms. The molecule has 0 saturated carbocycles. The zero-order chi connectivity index (χ0) is 10.9. The summed E-state index contributed by atoms with van der Waals surface area (Å²) in [6.07, 6.45) is 5.10. The van der Waals surface area contributed by atoms with Crippen molar-refractivity contribution in [2.75, 3.05) is 39.9 Å². The van der Waals surface area contributed by atoms with Crippen molar-refractivity contribution in [3.05, 3.63) is 0 Å². The average Bonchev–Trinajstić information content (AvgIpc) is 2.30. The summed E-state index contributed by atoms with van der Waals surface area (Å²) in [7, 11) is 1.78. The van der Waals surface area contributed by atoms with E-state index in [1.807, 2.05) is 0 Å². The van der Waals surface area contributed by atoms with Gasteiger partial charge in [-0.05, 0) is 51.9 Å². The Morgan fingerprint density at radius 1 is 1.27 bits per heavy atom. The lowest BCUT2D eigenvalue weighted by atomic mass is 10.0. The van der Waals surface area contributed by atoms with Crippen LogP contribution >= 0.6 is 0 Å². The van der Waals surface area contributed by atoms with Gasteiger partial charge in [0.25, 0.3) is 0 Å². The van der Waals surface area contributed by atoms with Crippen LogP contribution in [0.15, 0.2) is 0 Å². The zero-order valence-electron chi connectivity index (χ0n) is 10.3. The molecule has 0 bridgehead atoms. The summed E-state index contributed by atoms with van der Waals surface area (Å²) < 4.78 is 5.07. The quantitative estimate of drug-likeness (QED) is 0.650. The Labute approximate surface area is 94.2 Å². The van der Waals surface area contributed by atoms with Crippen LogP contribution < -0.4 is 5.32 Å². The van der Waals surface area contributed by atoms with Gasteiger partial charge in [-0.2, -0.15) is 0 Å². The highest BCUT2D eigenvalue weighted by atomic mass is 16.5. The molecule has 90 valence electrons. The van der Waals surface area contributed by atoms with E-state index in [1.165, 1.54) is 51.9 Å². The third-order valence-corrected chi connectivity index (χ3v) is 3.28. The molecule has 3 heteroatoms. The molecule has 0 aromatic carbocycles. The number of rotatable bonds is 7. The fourth-order valence-corrected chi connectivity index (χ4v) is 2.33. The number of piperidine rings is 1. The summed E-state index contributed by atoms with van der Waals surface area (Å²) in [5, 5.41) is 3.42. The first-order valence-corrected chi connectivity index (χ1v) is 6.32. The second-order valence-electron chi connectivity index (χ2n) is 4.31. The number of nitrogens with zero attached hydrogens (tertiary/aromatic N) is 1. The number of hydrogen-bond acceptors (Lipinski definition) is 3. The van der Waals surface area contributed by atoms with E-state index in [0.717, 1.165) is 12.6 Å². The number of unbranched alkanes of at least 4 members (excludes halogenated alkanes) is 1. The van der Waals surface area contributed by atoms with Crippen LogP contribution in [0.4, 0.5) is 0 Å². The second kappa shape index (κ2) is 8.08. The van der Waals surface area contributed by atoms with Gasteiger partial charge in [-0.15, -0.1) is 0 Å². The average molecular weight is 214 g/mol. The maximum Gasteiger partial charge on any atom is 0.0462 e. The van der Waals surface area contributed by atoms with Crippen LogP contribution in [0.5, 0.6) is 0 Å². The third-order valence-electron chi connectivity index (χ3n) is 3.28. The van der Waals surface area contributed by atoms with E-state index < -0.39 is 0 Å². The molecule has 0 unspecified atom stereocenters. The highest BCUT2D eigenvalue weighted by Crippen LogP contribution is 2.12. The summed E-state index contributed by atoms with van der Waals surface area (Å²) in [6.45, 7) is 8.00. The standard InChI is InChI=1S/C12H26N2O/c1-3-14(10-4-5-11-15-2)12-6-8-13-9-7-12/h12-13H,3-11H2,1-2H3. The maximum atomic E-state index is 5.07. The van der Waals surface area contributed by atoms with Gasteiger partial charge in [-0.1, -0.05) is 6.92 Å². The lowest BCUT2D eigenvalue weighted by Gasteiger charge is -2.33. The molecule has 0 aliphatic carbocycles. The Hall–Kier alpha value is -0.120. The highest BCUT2D eigenvalue weighted by Gasteiger charge is 2.18. The molecular weight excluding hydrogens is 188 g/mol. The van der Waals surface area contributed by atoms with Gasteiger partial charge in [0.1, 0.15) is 0 Å². The summed E-state index contributed by atoms with van der Waals surface area (Å²) >= 11 is 0. The number of hydrogen-bond donors (Lipinski definition) is 1. The minimum absolute atomic E-state index is 0.818. The molecule has 0 atom stereocenters. The summed E-state index contributed by atoms with van der Waals surface area (Å²) in [5.41, 5.74) is 0. The molecule has 0 amide bonds. The largest absolute Gasteiger partial charge is 0.385 e. The Morgan fingerprint density at radius 3 is 2.60 bits per heavy atom. The monoisotopic (exact) mass is 214 g/mol. The molecule has 3 nitrogen and oxygen atoms in total. The van der Waals surface area contributed by atoms with Gasteiger partial charge in [0.05, 0.1) is 0 Å². The molecule has 0 radical (unpaired) electrons. The Kier molecular flexibility index (Phi) is 6.98. The fourth-order valence-electron chi connectivity index (χ4n) is 2.33. The first-order valence-electron chi connectivity index (χ1n) is 6.32. The highest BCUT2D eigenvalue weighted by molar-refractivity contribution is 4.76. The van der Waals surface area contributed by atoms with Crippen molar-refractivity contribution in [2.24, 2.45) is 0 Å². The molecular formula is C12H26N2O. The normalized spacial score (nSPS) is 18.6. The number of ether oxygens (including phenoxy) is 1. The molecule has 0 aromatic heterocycles. The number of nitrogens with one attached hydrogen (secondary N) is 1. The van der Waals surface area contributed by atoms with E-state index in [0.29, 0.717) is 0 Å². The summed E-state index contributed by atoms with van der Waals surface area (Å²) in [4.78, 5) is 2.64. The van der Waals surface area contributed by atoms with Crippen LogP contribution in [0.3, 0.4) is 0 Å². The van der Waals surface area contributed by atoms with Gasteiger partial charge < -0.3 is 15.0 Å². The lowest BCUT2D eigenvalue weighted by molar-refractivity contribution is 0.152. The SMILES string of the molecule is CCN(CCCCOC)C1CCNCC1. The van der Waals surface area contributed by atoms with Crippen LogP contribution in [0.25, 0.3) is 0 Å². The molecule has 1 rings (SSSR count). The lowest BCUT2D eigenvalue weighted by Crippen LogP contribution is -2.43. The number of methoxy groups -OCH3 is 1. The van der Waals surface area contributed by atoms with Gasteiger partial charge in [-0.3, -0.25) is 0 Å². The second-order valence-corrected chi connectivity index (χ2v) is 4.31. The maximum absolute atomic E-state index is 5.07. The minimum Gasteiger partial charge on any atom is -0.385 e. The van der Waals surface area contributed by atoms with Gasteiger partial charge >= 0.3 is 0 Å². The van der Waals surface area contributed by atoms with Crippen molar-refractivity contribution in [1.82, 2.24) is 10.2 Å². The van der Waals surface area contributed by atoms with E-state index in [9.17, 15) is 0 Å². The Balaban J connectivity index is 2.15. The Morgan fingerprint density at radius 2 is 2.00 bits per heavy atom. The van der Waals surface area contributed by atoms with E-state index >= 15 is 0 Å². The molecule has 0 aromatic rings. The molecule has 1 fully saturated rings. The van der Waals surface area contributed by atoms with E-state index in [2.05, 4.69) is 17.1 Å². The molecule has 1 aliphatic heterocycles. The first-order chi connectivity index (χ1) is 7.38. The van der Waals surface area contributed by atoms with Crippen molar-refractivity contribution in [3.63, 3.8) is 0 Å². The van der Waals surface area contributed by atoms with Crippen molar-refractivity contribution in [3.8, 4) is 0 Å². The van der Waals surface area contributed by atoms with Gasteiger partial charge in [-0.25, -0.2) is 0 Å². The fraction of sp³-hybridized carbons (Fsp3) is 1.00. The topological polar surface area (TPSA) is 24.5 Å². The van der Waals surface area contributed by atoms with Gasteiger partial charge in [0.2, 0.25) is 0 Å². The molecule has 1 N–H and O–H groups in total. The van der Waals surface area contributed by atoms with Crippen molar-refractivity contribution in [1.29, 1.82) is 0 Å². The first kappa shape index (κ1) is 12.9. The molecule has 15 heavy (non-hydrogen) atoms. The van der Waals surface area contributed by atoms with Crippen LogP contribution in [-0.4, -0.2) is 50.8 Å². The zero-order valence-corrected chi connectivity index (χ0v) is 10.3. The predicted octanol–water partition coefficient (Wildman–Crippen LogP) is 1.49. The van der Waals surface area contributed by atoms with Crippen LogP contribution in [0, 0.1) is 0 Å². The molecule has 1 heterocycles. The van der Waals surface area contributed by atoms with Crippen molar-refractivity contribution >= 4 is 0 Å². The third kappa shape index (κ3) is 4.96. The van der Waals surface area contributed by atoms with E-state index in [1.54, 1.807) is 7.11 Å². The van der Waals surface area contributed by atoms with Crippen LogP contribution in [0.1, 0.15) is 32.6 Å². The van der Waals surface area contributed by atoms with Crippen molar-refractivity contribution in [2.45, 2.75) is 38.6 Å². The van der Waals surface area contributed by atoms with Crippen molar-refractivity contribution < 1.29 is 4.74 Å². The van der Waals surface area contributed by atoms with Gasteiger partial charge in [0.15, 0.2) is 0 Å².